The first kappa shape index (κ1) is 14.5. The fourth-order valence-electron chi connectivity index (χ4n) is 2.44. The van der Waals surface area contributed by atoms with Gasteiger partial charge < -0.3 is 4.90 Å². The van der Waals surface area contributed by atoms with Gasteiger partial charge in [-0.2, -0.15) is 0 Å². The van der Waals surface area contributed by atoms with Crippen LogP contribution in [0.2, 0.25) is 0 Å². The van der Waals surface area contributed by atoms with Crippen LogP contribution in [-0.2, 0) is 4.79 Å². The zero-order chi connectivity index (χ0) is 13.2. The first-order valence-corrected chi connectivity index (χ1v) is 6.83. The summed E-state index contributed by atoms with van der Waals surface area (Å²) in [5, 5.41) is 3.49. The average Bonchev–Trinajstić information content (AvgIpc) is 2.44. The van der Waals surface area contributed by atoms with Crippen LogP contribution >= 0.6 is 0 Å². The summed E-state index contributed by atoms with van der Waals surface area (Å²) in [5.74, 6) is 0.753. The Kier molecular flexibility index (Phi) is 4.59. The lowest BCUT2D eigenvalue weighted by atomic mass is 9.95. The first-order valence-electron chi connectivity index (χ1n) is 6.83. The molecule has 1 heterocycles. The number of carbonyl (C=O) groups is 1. The summed E-state index contributed by atoms with van der Waals surface area (Å²) in [4.78, 5) is 14.4. The molecule has 0 aromatic heterocycles. The second-order valence-electron chi connectivity index (χ2n) is 6.72. The van der Waals surface area contributed by atoms with E-state index >= 15 is 0 Å². The molecule has 0 aliphatic carbocycles. The summed E-state index contributed by atoms with van der Waals surface area (Å²) < 4.78 is 0. The highest BCUT2D eigenvalue weighted by atomic mass is 16.2. The molecule has 1 aliphatic rings. The van der Waals surface area contributed by atoms with Gasteiger partial charge in [0, 0.05) is 6.54 Å². The van der Waals surface area contributed by atoms with Gasteiger partial charge in [-0.3, -0.25) is 10.1 Å². The van der Waals surface area contributed by atoms with Crippen LogP contribution < -0.4 is 5.32 Å². The minimum atomic E-state index is 0.0368. The normalized spacial score (nSPS) is 26.1. The number of hydrogen-bond acceptors (Lipinski definition) is 2. The van der Waals surface area contributed by atoms with Crippen molar-refractivity contribution in [3.63, 3.8) is 0 Å². The Balaban J connectivity index is 2.79. The van der Waals surface area contributed by atoms with E-state index in [2.05, 4.69) is 46.9 Å². The van der Waals surface area contributed by atoms with Gasteiger partial charge in [0.05, 0.1) is 12.2 Å². The molecule has 1 rings (SSSR count). The molecule has 1 aliphatic heterocycles. The fourth-order valence-corrected chi connectivity index (χ4v) is 2.44. The van der Waals surface area contributed by atoms with E-state index in [1.165, 1.54) is 0 Å². The molecular formula is C14H28N2O. The van der Waals surface area contributed by atoms with E-state index in [1.54, 1.807) is 0 Å². The summed E-state index contributed by atoms with van der Waals surface area (Å²) in [6, 6.07) is 0.0368. The van der Waals surface area contributed by atoms with Gasteiger partial charge in [-0.15, -0.1) is 0 Å². The maximum Gasteiger partial charge on any atom is 0.241 e. The standard InChI is InChI=1S/C14H28N2O/c1-7-8-11-13(17)16(9-14(4,5)6)12(15-11)10(2)3/h10-12,15H,7-9H2,1-6H3. The summed E-state index contributed by atoms with van der Waals surface area (Å²) in [6.07, 6.45) is 2.21. The minimum absolute atomic E-state index is 0.0368. The minimum Gasteiger partial charge on any atom is -0.325 e. The maximum atomic E-state index is 12.4. The van der Waals surface area contributed by atoms with Crippen LogP contribution in [0.3, 0.4) is 0 Å². The molecule has 2 atom stereocenters. The van der Waals surface area contributed by atoms with E-state index in [1.807, 2.05) is 4.90 Å². The highest BCUT2D eigenvalue weighted by molar-refractivity contribution is 5.84. The predicted molar refractivity (Wildman–Crippen MR) is 71.6 cm³/mol. The molecule has 1 fully saturated rings. The molecule has 0 saturated carbocycles. The molecule has 3 heteroatoms. The van der Waals surface area contributed by atoms with Crippen LogP contribution in [-0.4, -0.2) is 29.6 Å². The largest absolute Gasteiger partial charge is 0.325 e. The Morgan fingerprint density at radius 3 is 2.35 bits per heavy atom. The summed E-state index contributed by atoms with van der Waals surface area (Å²) in [7, 11) is 0. The van der Waals surface area contributed by atoms with Crippen molar-refractivity contribution >= 4 is 5.91 Å². The van der Waals surface area contributed by atoms with Gasteiger partial charge in [0.25, 0.3) is 0 Å². The number of amides is 1. The lowest BCUT2D eigenvalue weighted by Gasteiger charge is -2.32. The highest BCUT2D eigenvalue weighted by Crippen LogP contribution is 2.25. The monoisotopic (exact) mass is 240 g/mol. The predicted octanol–water partition coefficient (Wildman–Crippen LogP) is 2.62. The number of hydrogen-bond donors (Lipinski definition) is 1. The summed E-state index contributed by atoms with van der Waals surface area (Å²) in [5.41, 5.74) is 0.158. The van der Waals surface area contributed by atoms with Crippen molar-refractivity contribution in [3.8, 4) is 0 Å². The van der Waals surface area contributed by atoms with Crippen molar-refractivity contribution in [1.82, 2.24) is 10.2 Å². The first-order chi connectivity index (χ1) is 7.76. The molecule has 1 N–H and O–H groups in total. The second-order valence-corrected chi connectivity index (χ2v) is 6.72. The van der Waals surface area contributed by atoms with Crippen molar-refractivity contribution in [2.45, 2.75) is 66.6 Å². The van der Waals surface area contributed by atoms with Crippen LogP contribution in [0.4, 0.5) is 0 Å². The Morgan fingerprint density at radius 1 is 1.35 bits per heavy atom. The lowest BCUT2D eigenvalue weighted by Crippen LogP contribution is -2.45. The van der Waals surface area contributed by atoms with Crippen LogP contribution in [0.1, 0.15) is 54.4 Å². The lowest BCUT2D eigenvalue weighted by molar-refractivity contribution is -0.131. The molecule has 0 radical (unpaired) electrons. The quantitative estimate of drug-likeness (QED) is 0.819. The van der Waals surface area contributed by atoms with Crippen molar-refractivity contribution < 1.29 is 4.79 Å². The zero-order valence-corrected chi connectivity index (χ0v) is 12.2. The summed E-state index contributed by atoms with van der Waals surface area (Å²) >= 11 is 0. The zero-order valence-electron chi connectivity index (χ0n) is 12.2. The topological polar surface area (TPSA) is 32.3 Å². The van der Waals surface area contributed by atoms with Gasteiger partial charge >= 0.3 is 0 Å². The molecule has 2 unspecified atom stereocenters. The molecular weight excluding hydrogens is 212 g/mol. The fraction of sp³-hybridized carbons (Fsp3) is 0.929. The van der Waals surface area contributed by atoms with Gasteiger partial charge in [0.1, 0.15) is 0 Å². The van der Waals surface area contributed by atoms with Crippen molar-refractivity contribution in [3.05, 3.63) is 0 Å². The van der Waals surface area contributed by atoms with Gasteiger partial charge in [-0.25, -0.2) is 0 Å². The third-order valence-electron chi connectivity index (χ3n) is 3.14. The van der Waals surface area contributed by atoms with Crippen LogP contribution in [0.25, 0.3) is 0 Å². The third kappa shape index (κ3) is 3.70. The number of nitrogens with zero attached hydrogens (tertiary/aromatic N) is 1. The molecule has 3 nitrogen and oxygen atoms in total. The smallest absolute Gasteiger partial charge is 0.241 e. The molecule has 1 saturated heterocycles. The van der Waals surface area contributed by atoms with E-state index in [0.29, 0.717) is 11.8 Å². The van der Waals surface area contributed by atoms with Crippen molar-refractivity contribution in [2.75, 3.05) is 6.54 Å². The Bertz CT molecular complexity index is 268. The SMILES string of the molecule is CCCC1NC(C(C)C)N(CC(C)(C)C)C1=O. The van der Waals surface area contributed by atoms with Gasteiger partial charge in [-0.05, 0) is 17.8 Å². The molecule has 0 aromatic carbocycles. The molecule has 1 amide bonds. The number of nitrogens with one attached hydrogen (secondary N) is 1. The molecule has 17 heavy (non-hydrogen) atoms. The number of rotatable bonds is 4. The van der Waals surface area contributed by atoms with Crippen LogP contribution in [0, 0.1) is 11.3 Å². The van der Waals surface area contributed by atoms with Crippen LogP contribution in [0.5, 0.6) is 0 Å². The second kappa shape index (κ2) is 5.38. The molecule has 0 spiro atoms. The molecule has 0 aromatic rings. The van der Waals surface area contributed by atoms with E-state index in [9.17, 15) is 4.79 Å². The molecule has 100 valence electrons. The van der Waals surface area contributed by atoms with E-state index in [0.717, 1.165) is 19.4 Å². The maximum absolute atomic E-state index is 12.4. The van der Waals surface area contributed by atoms with E-state index < -0.39 is 0 Å². The van der Waals surface area contributed by atoms with E-state index in [4.69, 9.17) is 0 Å². The van der Waals surface area contributed by atoms with Crippen molar-refractivity contribution in [1.29, 1.82) is 0 Å². The van der Waals surface area contributed by atoms with Gasteiger partial charge in [0.2, 0.25) is 5.91 Å². The Hall–Kier alpha value is -0.570. The average molecular weight is 240 g/mol. The molecule has 0 bridgehead atoms. The van der Waals surface area contributed by atoms with E-state index in [-0.39, 0.29) is 17.6 Å². The Labute approximate surface area is 106 Å². The van der Waals surface area contributed by atoms with Gasteiger partial charge in [0.15, 0.2) is 0 Å². The van der Waals surface area contributed by atoms with Crippen molar-refractivity contribution in [2.24, 2.45) is 11.3 Å². The highest BCUT2D eigenvalue weighted by Gasteiger charge is 2.40. The van der Waals surface area contributed by atoms with Crippen LogP contribution in [0.15, 0.2) is 0 Å². The summed E-state index contributed by atoms with van der Waals surface area (Å²) in [6.45, 7) is 13.9. The third-order valence-corrected chi connectivity index (χ3v) is 3.14. The van der Waals surface area contributed by atoms with Gasteiger partial charge in [-0.1, -0.05) is 48.0 Å². The number of carbonyl (C=O) groups excluding carboxylic acids is 1. The Morgan fingerprint density at radius 2 is 1.94 bits per heavy atom.